The van der Waals surface area contributed by atoms with E-state index < -0.39 is 0 Å². The van der Waals surface area contributed by atoms with Crippen molar-refractivity contribution in [1.29, 1.82) is 0 Å². The summed E-state index contributed by atoms with van der Waals surface area (Å²) in [5.41, 5.74) is 0.870. The first-order valence-corrected chi connectivity index (χ1v) is 7.08. The van der Waals surface area contributed by atoms with Gasteiger partial charge in [0.05, 0.1) is 18.2 Å². The van der Waals surface area contributed by atoms with Gasteiger partial charge in [-0.05, 0) is 37.9 Å². The van der Waals surface area contributed by atoms with Crippen LogP contribution < -0.4 is 10.1 Å². The molecule has 2 aromatic rings. The Kier molecular flexibility index (Phi) is 3.69. The molecule has 1 aromatic carbocycles. The molecule has 0 amide bonds. The molecule has 1 aliphatic heterocycles. The molecule has 106 valence electrons. The first-order chi connectivity index (χ1) is 9.79. The molecule has 2 heterocycles. The van der Waals surface area contributed by atoms with Crippen molar-refractivity contribution in [2.75, 3.05) is 13.2 Å². The second-order valence-corrected chi connectivity index (χ2v) is 5.08. The summed E-state index contributed by atoms with van der Waals surface area (Å²) in [4.78, 5) is 4.54. The van der Waals surface area contributed by atoms with Gasteiger partial charge < -0.3 is 14.6 Å². The topological polar surface area (TPSA) is 60.2 Å². The number of aromatic nitrogens is 2. The van der Waals surface area contributed by atoms with Gasteiger partial charge >= 0.3 is 0 Å². The average Bonchev–Trinajstić information content (AvgIpc) is 3.08. The highest BCUT2D eigenvalue weighted by atomic mass is 16.5. The normalized spacial score (nSPS) is 22.1. The van der Waals surface area contributed by atoms with Gasteiger partial charge in [-0.25, -0.2) is 0 Å². The molecular formula is C15H19N3O2. The molecule has 0 aliphatic carbocycles. The van der Waals surface area contributed by atoms with Gasteiger partial charge in [0.1, 0.15) is 5.75 Å². The molecule has 2 unspecified atom stereocenters. The third-order valence-corrected chi connectivity index (χ3v) is 3.67. The quantitative estimate of drug-likeness (QED) is 0.928. The summed E-state index contributed by atoms with van der Waals surface area (Å²) >= 11 is 0. The molecule has 5 nitrogen and oxygen atoms in total. The summed E-state index contributed by atoms with van der Waals surface area (Å²) in [6.45, 7) is 5.77. The summed E-state index contributed by atoms with van der Waals surface area (Å²) in [5, 5.41) is 7.50. The molecule has 5 heteroatoms. The van der Waals surface area contributed by atoms with Gasteiger partial charge in [-0.2, -0.15) is 4.98 Å². The zero-order chi connectivity index (χ0) is 13.9. The summed E-state index contributed by atoms with van der Waals surface area (Å²) in [6.07, 6.45) is 1.14. The Balaban J connectivity index is 1.90. The van der Waals surface area contributed by atoms with E-state index in [1.807, 2.05) is 31.2 Å². The van der Waals surface area contributed by atoms with Crippen LogP contribution in [0, 0.1) is 5.92 Å². The zero-order valence-corrected chi connectivity index (χ0v) is 11.8. The van der Waals surface area contributed by atoms with Crippen molar-refractivity contribution in [2.24, 2.45) is 5.92 Å². The van der Waals surface area contributed by atoms with Crippen molar-refractivity contribution in [3.8, 4) is 17.1 Å². The molecule has 1 aliphatic rings. The lowest BCUT2D eigenvalue weighted by Gasteiger charge is -2.09. The summed E-state index contributed by atoms with van der Waals surface area (Å²) in [5.74, 6) is 2.56. The lowest BCUT2D eigenvalue weighted by Crippen LogP contribution is -2.16. The van der Waals surface area contributed by atoms with Crippen molar-refractivity contribution in [3.63, 3.8) is 0 Å². The van der Waals surface area contributed by atoms with Crippen molar-refractivity contribution in [1.82, 2.24) is 15.5 Å². The lowest BCUT2D eigenvalue weighted by atomic mass is 10.0. The third-order valence-electron chi connectivity index (χ3n) is 3.67. The van der Waals surface area contributed by atoms with E-state index >= 15 is 0 Å². The highest BCUT2D eigenvalue weighted by Crippen LogP contribution is 2.32. The van der Waals surface area contributed by atoms with E-state index in [0.717, 1.165) is 24.3 Å². The van der Waals surface area contributed by atoms with Crippen molar-refractivity contribution >= 4 is 0 Å². The third kappa shape index (κ3) is 2.41. The van der Waals surface area contributed by atoms with Gasteiger partial charge in [-0.1, -0.05) is 24.2 Å². The van der Waals surface area contributed by atoms with E-state index in [1.54, 1.807) is 0 Å². The minimum Gasteiger partial charge on any atom is -0.493 e. The largest absolute Gasteiger partial charge is 0.493 e. The molecule has 1 fully saturated rings. The van der Waals surface area contributed by atoms with E-state index in [9.17, 15) is 0 Å². The second kappa shape index (κ2) is 5.63. The molecule has 1 saturated heterocycles. The molecule has 1 aromatic heterocycles. The van der Waals surface area contributed by atoms with E-state index in [2.05, 4.69) is 22.4 Å². The van der Waals surface area contributed by atoms with Crippen LogP contribution in [0.15, 0.2) is 28.8 Å². The standard InChI is InChI=1S/C15H19N3O2/c1-3-19-12-7-5-4-6-11(12)14-17-15(20-18-14)13-10(2)8-9-16-13/h4-7,10,13,16H,3,8-9H2,1-2H3. The minimum absolute atomic E-state index is 0.163. The van der Waals surface area contributed by atoms with Crippen LogP contribution >= 0.6 is 0 Å². The fraction of sp³-hybridized carbons (Fsp3) is 0.467. The van der Waals surface area contributed by atoms with Gasteiger partial charge in [-0.3, -0.25) is 0 Å². The van der Waals surface area contributed by atoms with Crippen LogP contribution in [-0.4, -0.2) is 23.3 Å². The number of rotatable bonds is 4. The Morgan fingerprint density at radius 2 is 2.25 bits per heavy atom. The smallest absolute Gasteiger partial charge is 0.244 e. The number of para-hydroxylation sites is 1. The molecule has 0 saturated carbocycles. The Hall–Kier alpha value is -1.88. The maximum atomic E-state index is 5.61. The molecule has 0 bridgehead atoms. The van der Waals surface area contributed by atoms with Gasteiger partial charge in [0.25, 0.3) is 0 Å². The number of nitrogens with zero attached hydrogens (tertiary/aromatic N) is 2. The van der Waals surface area contributed by atoms with E-state index in [0.29, 0.717) is 24.2 Å². The number of hydrogen-bond donors (Lipinski definition) is 1. The fourth-order valence-electron chi connectivity index (χ4n) is 2.57. The van der Waals surface area contributed by atoms with Gasteiger partial charge in [0, 0.05) is 0 Å². The predicted octanol–water partition coefficient (Wildman–Crippen LogP) is 2.81. The van der Waals surface area contributed by atoms with Gasteiger partial charge in [0.15, 0.2) is 0 Å². The molecule has 0 spiro atoms. The van der Waals surface area contributed by atoms with Crippen molar-refractivity contribution in [2.45, 2.75) is 26.3 Å². The maximum absolute atomic E-state index is 5.61. The van der Waals surface area contributed by atoms with Crippen LogP contribution in [0.3, 0.4) is 0 Å². The zero-order valence-electron chi connectivity index (χ0n) is 11.8. The number of ether oxygens (including phenoxy) is 1. The van der Waals surface area contributed by atoms with Crippen LogP contribution in [0.25, 0.3) is 11.4 Å². The first-order valence-electron chi connectivity index (χ1n) is 7.08. The number of nitrogens with one attached hydrogen (secondary N) is 1. The van der Waals surface area contributed by atoms with Crippen LogP contribution in [0.1, 0.15) is 32.2 Å². The van der Waals surface area contributed by atoms with E-state index in [-0.39, 0.29) is 6.04 Å². The Bertz CT molecular complexity index is 582. The minimum atomic E-state index is 0.163. The molecular weight excluding hydrogens is 254 g/mol. The number of benzene rings is 1. The van der Waals surface area contributed by atoms with Crippen LogP contribution in [0.4, 0.5) is 0 Å². The van der Waals surface area contributed by atoms with Crippen LogP contribution in [0.2, 0.25) is 0 Å². The first kappa shape index (κ1) is 13.1. The highest BCUT2D eigenvalue weighted by Gasteiger charge is 2.29. The molecule has 0 radical (unpaired) electrons. The van der Waals surface area contributed by atoms with E-state index in [4.69, 9.17) is 9.26 Å². The van der Waals surface area contributed by atoms with Crippen molar-refractivity contribution < 1.29 is 9.26 Å². The summed E-state index contributed by atoms with van der Waals surface area (Å²) in [6, 6.07) is 7.92. The van der Waals surface area contributed by atoms with Gasteiger partial charge in [-0.15, -0.1) is 0 Å². The predicted molar refractivity (Wildman–Crippen MR) is 75.4 cm³/mol. The molecule has 1 N–H and O–H groups in total. The SMILES string of the molecule is CCOc1ccccc1-c1noc(C2NCCC2C)n1. The maximum Gasteiger partial charge on any atom is 0.244 e. The highest BCUT2D eigenvalue weighted by molar-refractivity contribution is 5.63. The van der Waals surface area contributed by atoms with Crippen LogP contribution in [-0.2, 0) is 0 Å². The fourth-order valence-corrected chi connectivity index (χ4v) is 2.57. The number of hydrogen-bond acceptors (Lipinski definition) is 5. The summed E-state index contributed by atoms with van der Waals surface area (Å²) < 4.78 is 11.0. The second-order valence-electron chi connectivity index (χ2n) is 5.08. The van der Waals surface area contributed by atoms with E-state index in [1.165, 1.54) is 0 Å². The lowest BCUT2D eigenvalue weighted by molar-refractivity contribution is 0.318. The van der Waals surface area contributed by atoms with Crippen LogP contribution in [0.5, 0.6) is 5.75 Å². The molecule has 3 rings (SSSR count). The monoisotopic (exact) mass is 273 g/mol. The molecule has 20 heavy (non-hydrogen) atoms. The Labute approximate surface area is 118 Å². The Morgan fingerprint density at radius 1 is 1.40 bits per heavy atom. The molecule has 2 atom stereocenters. The Morgan fingerprint density at radius 3 is 3.00 bits per heavy atom. The van der Waals surface area contributed by atoms with Crippen molar-refractivity contribution in [3.05, 3.63) is 30.2 Å². The van der Waals surface area contributed by atoms with Gasteiger partial charge in [0.2, 0.25) is 11.7 Å². The summed E-state index contributed by atoms with van der Waals surface area (Å²) in [7, 11) is 0. The average molecular weight is 273 g/mol.